The van der Waals surface area contributed by atoms with E-state index in [-0.39, 0.29) is 12.3 Å². The molecular weight excluding hydrogens is 728 g/mol. The topological polar surface area (TPSA) is 74.8 Å². The Balaban J connectivity index is 2.11. The van der Waals surface area contributed by atoms with Crippen LogP contribution in [-0.4, -0.2) is 54.0 Å². The summed E-state index contributed by atoms with van der Waals surface area (Å²) in [5, 5.41) is 2.20. The third-order valence-corrected chi connectivity index (χ3v) is 23.5. The number of alkyl halides is 6. The Morgan fingerprint density at radius 2 is 0.776 bits per heavy atom. The Labute approximate surface area is 283 Å². The minimum absolute atomic E-state index is 0.201. The van der Waals surface area contributed by atoms with Crippen LogP contribution in [0.15, 0.2) is 121 Å². The molecule has 4 aromatic rings. The highest BCUT2D eigenvalue weighted by atomic mass is 32.3. The molecule has 0 atom stereocenters. The minimum Gasteiger partial charge on any atom is -0.202 e. The van der Waals surface area contributed by atoms with E-state index in [1.807, 2.05) is 0 Å². The molecule has 1 heterocycles. The highest BCUT2D eigenvalue weighted by molar-refractivity contribution is 8.06. The third kappa shape index (κ3) is 5.82. The van der Waals surface area contributed by atoms with E-state index < -0.39 is 68.1 Å². The molecule has 4 aromatic carbocycles. The van der Waals surface area contributed by atoms with Gasteiger partial charge in [-0.1, -0.05) is 90.4 Å². The van der Waals surface area contributed by atoms with Gasteiger partial charge in [0.15, 0.2) is 20.5 Å². The van der Waals surface area contributed by atoms with E-state index in [2.05, 4.69) is 0 Å². The fourth-order valence-electron chi connectivity index (χ4n) is 6.95. The fourth-order valence-corrected chi connectivity index (χ4v) is 24.4. The monoisotopic (exact) mass is 762 g/mol. The highest BCUT2D eigenvalue weighted by Gasteiger charge is 2.81. The van der Waals surface area contributed by atoms with Crippen LogP contribution in [0.25, 0.3) is 0 Å². The normalized spacial score (nSPS) is 17.3. The van der Waals surface area contributed by atoms with Crippen molar-refractivity contribution in [2.45, 2.75) is 43.4 Å². The molecule has 1 aliphatic rings. The van der Waals surface area contributed by atoms with Gasteiger partial charge in [0.25, 0.3) is 0 Å². The Bertz CT molecular complexity index is 1750. The first-order chi connectivity index (χ1) is 23.0. The van der Waals surface area contributed by atoms with Crippen molar-refractivity contribution in [3.63, 3.8) is 0 Å². The highest BCUT2D eigenvalue weighted by Crippen LogP contribution is 2.85. The van der Waals surface area contributed by atoms with Gasteiger partial charge in [-0.2, -0.15) is 26.3 Å². The fraction of sp³-hybridized carbons (Fsp3) is 0.273. The molecule has 1 aliphatic heterocycles. The first-order valence-corrected chi connectivity index (χ1v) is 21.9. The van der Waals surface area contributed by atoms with E-state index in [4.69, 9.17) is 0 Å². The molecule has 0 bridgehead atoms. The average molecular weight is 763 g/mol. The van der Waals surface area contributed by atoms with E-state index >= 15 is 0 Å². The van der Waals surface area contributed by atoms with Gasteiger partial charge in [-0.25, -0.2) is 16.8 Å². The largest absolute Gasteiger partial charge is 0.512 e. The lowest BCUT2D eigenvalue weighted by Crippen LogP contribution is -2.67. The molecule has 6 nitrogen and oxygen atoms in total. The molecule has 49 heavy (non-hydrogen) atoms. The van der Waals surface area contributed by atoms with Crippen molar-refractivity contribution in [1.29, 1.82) is 0 Å². The van der Waals surface area contributed by atoms with Crippen LogP contribution in [0.1, 0.15) is 26.7 Å². The molecule has 262 valence electrons. The van der Waals surface area contributed by atoms with E-state index in [0.717, 1.165) is 0 Å². The first-order valence-electron chi connectivity index (χ1n) is 15.2. The number of nitrogens with zero attached hydrogens (tertiary/aromatic N) is 2. The third-order valence-electron chi connectivity index (χ3n) is 8.99. The summed E-state index contributed by atoms with van der Waals surface area (Å²) in [4.78, 5) is 0. The van der Waals surface area contributed by atoms with Crippen LogP contribution in [0.2, 0.25) is 0 Å². The summed E-state index contributed by atoms with van der Waals surface area (Å²) in [6.07, 6.45) is -1.08. The van der Waals surface area contributed by atoms with Crippen molar-refractivity contribution < 1.29 is 43.2 Å². The zero-order valence-corrected chi connectivity index (χ0v) is 29.8. The van der Waals surface area contributed by atoms with Crippen LogP contribution < -0.4 is 21.2 Å². The van der Waals surface area contributed by atoms with Gasteiger partial charge in [0, 0.05) is 0 Å². The van der Waals surface area contributed by atoms with E-state index in [1.54, 1.807) is 126 Å². The number of sulfonamides is 2. The minimum atomic E-state index is -7.21. The molecule has 0 saturated carbocycles. The number of hydrogen-bond donors (Lipinski definition) is 0. The van der Waals surface area contributed by atoms with Crippen LogP contribution in [-0.2, 0) is 20.0 Å². The maximum Gasteiger partial charge on any atom is 0.512 e. The quantitative estimate of drug-likeness (QED) is 0.129. The first kappa shape index (κ1) is 37.4. The number of hydrogen-bond acceptors (Lipinski definition) is 5. The van der Waals surface area contributed by atoms with Crippen molar-refractivity contribution in [3.8, 4) is 0 Å². The van der Waals surface area contributed by atoms with E-state index in [0.29, 0.717) is 21.2 Å². The van der Waals surface area contributed by atoms with Crippen LogP contribution in [0, 0.1) is 0 Å². The zero-order chi connectivity index (χ0) is 35.9. The molecule has 0 unspecified atom stereocenters. The second kappa shape index (κ2) is 13.4. The Morgan fingerprint density at radius 3 is 0.980 bits per heavy atom. The molecule has 0 amide bonds. The van der Waals surface area contributed by atoms with Gasteiger partial charge in [0.1, 0.15) is 33.5 Å². The van der Waals surface area contributed by atoms with E-state index in [9.17, 15) is 43.2 Å². The lowest BCUT2D eigenvalue weighted by molar-refractivity contribution is -0.0598. The van der Waals surface area contributed by atoms with Gasteiger partial charge in [0.2, 0.25) is 0 Å². The lowest BCUT2D eigenvalue weighted by Gasteiger charge is -2.49. The van der Waals surface area contributed by atoms with Crippen molar-refractivity contribution in [2.24, 2.45) is 0 Å². The van der Waals surface area contributed by atoms with Crippen molar-refractivity contribution in [3.05, 3.63) is 121 Å². The summed E-state index contributed by atoms with van der Waals surface area (Å²) in [5.41, 5.74) is -15.7. The molecular formula is C33H34F6N2O4P2S2+2. The number of benzene rings is 4. The van der Waals surface area contributed by atoms with Gasteiger partial charge in [-0.15, -0.1) is 0 Å². The van der Waals surface area contributed by atoms with Crippen molar-refractivity contribution in [2.75, 3.05) is 12.3 Å². The predicted octanol–water partition coefficient (Wildman–Crippen LogP) is 6.99. The summed E-state index contributed by atoms with van der Waals surface area (Å²) in [6.45, 7) is 2.48. The predicted molar refractivity (Wildman–Crippen MR) is 185 cm³/mol. The van der Waals surface area contributed by atoms with Crippen LogP contribution >= 0.6 is 14.8 Å². The van der Waals surface area contributed by atoms with Gasteiger partial charge < -0.3 is 0 Å². The van der Waals surface area contributed by atoms with Crippen molar-refractivity contribution >= 4 is 56.1 Å². The molecule has 1 saturated heterocycles. The number of halogens is 6. The Hall–Kier alpha value is -2.86. The van der Waals surface area contributed by atoms with Crippen LogP contribution in [0.5, 0.6) is 0 Å². The van der Waals surface area contributed by atoms with Gasteiger partial charge in [-0.05, 0) is 65.8 Å². The zero-order valence-electron chi connectivity index (χ0n) is 26.4. The molecule has 16 heteroatoms. The molecule has 1 fully saturated rings. The summed E-state index contributed by atoms with van der Waals surface area (Å²) in [6, 6.07) is 34.2. The van der Waals surface area contributed by atoms with E-state index in [1.165, 1.54) is 13.8 Å². The summed E-state index contributed by atoms with van der Waals surface area (Å²) < 4.78 is 143. The smallest absolute Gasteiger partial charge is 0.202 e. The maximum atomic E-state index is 14.7. The summed E-state index contributed by atoms with van der Waals surface area (Å²) in [7, 11) is -21.4. The van der Waals surface area contributed by atoms with Gasteiger partial charge in [-0.3, -0.25) is 0 Å². The Kier molecular flexibility index (Phi) is 10.2. The van der Waals surface area contributed by atoms with Crippen molar-refractivity contribution in [1.82, 2.24) is 8.15 Å². The molecule has 0 aromatic heterocycles. The lowest BCUT2D eigenvalue weighted by atomic mass is 10.1. The summed E-state index contributed by atoms with van der Waals surface area (Å²) in [5.74, 6) is 0. The maximum absolute atomic E-state index is 14.7. The molecule has 5 rings (SSSR count). The van der Waals surface area contributed by atoms with Gasteiger partial charge >= 0.3 is 31.1 Å². The number of rotatable bonds is 10. The molecule has 0 aliphatic carbocycles. The molecule has 0 radical (unpaired) electrons. The van der Waals surface area contributed by atoms with Crippen LogP contribution in [0.4, 0.5) is 26.3 Å². The van der Waals surface area contributed by atoms with Crippen LogP contribution in [0.3, 0.4) is 0 Å². The molecule has 0 spiro atoms. The van der Waals surface area contributed by atoms with Gasteiger partial charge in [0.05, 0.1) is 0 Å². The standard InChI is InChI=1S/C33H34F6N2O4P2S2/c1-3-31(4-2,41(48(42,43)32(34,35)36)49(44,45)33(37,38)39)40-46(27-17-9-5-10-18-27,28-19-11-6-12-20-28)25-26-47(40,29-21-13-7-14-22-29)30-23-15-8-16-24-30/h5-24H,3-4,25-26H2,1-2H3/q+2. The average Bonchev–Trinajstić information content (AvgIpc) is 3.46. The second-order valence-electron chi connectivity index (χ2n) is 11.4. The molecule has 0 N–H and O–H groups in total. The second-order valence-corrected chi connectivity index (χ2v) is 22.3. The Morgan fingerprint density at radius 1 is 0.531 bits per heavy atom. The SMILES string of the molecule is CCC(CC)(N1[P+](c2ccccc2)(c2ccccc2)CC[P+]1(c1ccccc1)c1ccccc1)N(S(=O)(=O)C(F)(F)F)S(=O)(=O)C(F)(F)F. The summed E-state index contributed by atoms with van der Waals surface area (Å²) >= 11 is 0.